The Labute approximate surface area is 149 Å². The standard InChI is InChI=1S/C15H14F6N4S/c16-14(17,18)9-1-2-12(22-8-9)25-5-3-10(4-6-25)26-13-7-11(23-24-13)15(19,20)21/h1-2,7-8,10H,3-6H2,(H,23,24). The molecule has 0 bridgehead atoms. The molecule has 0 unspecified atom stereocenters. The molecule has 0 radical (unpaired) electrons. The van der Waals surface area contributed by atoms with Crippen molar-refractivity contribution in [3.05, 3.63) is 35.7 Å². The molecule has 1 N–H and O–H groups in total. The van der Waals surface area contributed by atoms with Gasteiger partial charge < -0.3 is 4.90 Å². The number of aromatic nitrogens is 3. The number of thioether (sulfide) groups is 1. The number of pyridine rings is 1. The molecule has 142 valence electrons. The summed E-state index contributed by atoms with van der Waals surface area (Å²) in [6.07, 6.45) is -6.74. The highest BCUT2D eigenvalue weighted by molar-refractivity contribution is 7.99. The molecule has 3 rings (SSSR count). The number of hydrogen-bond acceptors (Lipinski definition) is 4. The van der Waals surface area contributed by atoms with Gasteiger partial charge in [0.2, 0.25) is 0 Å². The summed E-state index contributed by atoms with van der Waals surface area (Å²) in [6, 6.07) is 3.31. The largest absolute Gasteiger partial charge is 0.432 e. The van der Waals surface area contributed by atoms with E-state index in [-0.39, 0.29) is 10.3 Å². The molecule has 0 aliphatic carbocycles. The van der Waals surface area contributed by atoms with E-state index in [9.17, 15) is 26.3 Å². The van der Waals surface area contributed by atoms with Gasteiger partial charge in [-0.05, 0) is 25.0 Å². The average molecular weight is 396 g/mol. The molecule has 1 aliphatic rings. The van der Waals surface area contributed by atoms with Crippen LogP contribution in [-0.2, 0) is 12.4 Å². The molecule has 1 fully saturated rings. The molecule has 11 heteroatoms. The minimum atomic E-state index is -4.45. The first-order chi connectivity index (χ1) is 12.1. The van der Waals surface area contributed by atoms with Crippen molar-refractivity contribution >= 4 is 17.6 Å². The summed E-state index contributed by atoms with van der Waals surface area (Å²) in [4.78, 5) is 5.73. The Morgan fingerprint density at radius 2 is 1.73 bits per heavy atom. The van der Waals surface area contributed by atoms with Crippen LogP contribution in [0.1, 0.15) is 24.1 Å². The SMILES string of the molecule is FC(F)(F)c1ccc(N2CCC(Sc3cc(C(F)(F)F)[nH]n3)CC2)nc1. The molecule has 4 nitrogen and oxygen atoms in total. The molecule has 0 amide bonds. The highest BCUT2D eigenvalue weighted by Crippen LogP contribution is 2.35. The van der Waals surface area contributed by atoms with Crippen LogP contribution in [0.3, 0.4) is 0 Å². The van der Waals surface area contributed by atoms with Crippen LogP contribution in [0.2, 0.25) is 0 Å². The minimum Gasteiger partial charge on any atom is -0.357 e. The lowest BCUT2D eigenvalue weighted by molar-refractivity contribution is -0.141. The number of H-pyrrole nitrogens is 1. The van der Waals surface area contributed by atoms with Gasteiger partial charge in [0.05, 0.1) is 5.56 Å². The molecule has 3 heterocycles. The fraction of sp³-hybridized carbons (Fsp3) is 0.467. The van der Waals surface area contributed by atoms with E-state index >= 15 is 0 Å². The van der Waals surface area contributed by atoms with E-state index < -0.39 is 23.6 Å². The molecular weight excluding hydrogens is 382 g/mol. The second-order valence-electron chi connectivity index (χ2n) is 5.82. The number of piperidine rings is 1. The van der Waals surface area contributed by atoms with Crippen molar-refractivity contribution in [3.8, 4) is 0 Å². The highest BCUT2D eigenvalue weighted by atomic mass is 32.2. The maximum atomic E-state index is 12.6. The van der Waals surface area contributed by atoms with Gasteiger partial charge in [0.25, 0.3) is 0 Å². The van der Waals surface area contributed by atoms with Crippen molar-refractivity contribution in [2.24, 2.45) is 0 Å². The van der Waals surface area contributed by atoms with Crippen molar-refractivity contribution in [2.45, 2.75) is 35.5 Å². The van der Waals surface area contributed by atoms with Crippen LogP contribution >= 0.6 is 11.8 Å². The van der Waals surface area contributed by atoms with Crippen molar-refractivity contribution in [3.63, 3.8) is 0 Å². The second kappa shape index (κ2) is 7.01. The van der Waals surface area contributed by atoms with Gasteiger partial charge in [0.15, 0.2) is 0 Å². The first kappa shape index (κ1) is 18.9. The summed E-state index contributed by atoms with van der Waals surface area (Å²) in [6.45, 7) is 1.12. The van der Waals surface area contributed by atoms with Gasteiger partial charge in [-0.1, -0.05) is 0 Å². The quantitative estimate of drug-likeness (QED) is 0.770. The first-order valence-corrected chi connectivity index (χ1v) is 8.58. The molecular formula is C15H14F6N4S. The summed E-state index contributed by atoms with van der Waals surface area (Å²) < 4.78 is 75.3. The Balaban J connectivity index is 1.55. The number of rotatable bonds is 3. The Morgan fingerprint density at radius 3 is 2.23 bits per heavy atom. The zero-order valence-electron chi connectivity index (χ0n) is 13.2. The second-order valence-corrected chi connectivity index (χ2v) is 7.15. The van der Waals surface area contributed by atoms with Crippen LogP contribution in [0.15, 0.2) is 29.4 Å². The molecule has 1 aliphatic heterocycles. The van der Waals surface area contributed by atoms with Gasteiger partial charge in [-0.3, -0.25) is 5.10 Å². The third-order valence-electron chi connectivity index (χ3n) is 3.99. The lowest BCUT2D eigenvalue weighted by Crippen LogP contribution is -2.35. The summed E-state index contributed by atoms with van der Waals surface area (Å²) >= 11 is 1.27. The summed E-state index contributed by atoms with van der Waals surface area (Å²) in [5.41, 5.74) is -1.68. The van der Waals surface area contributed by atoms with Crippen molar-refractivity contribution < 1.29 is 26.3 Å². The zero-order chi connectivity index (χ0) is 18.9. The monoisotopic (exact) mass is 396 g/mol. The van der Waals surface area contributed by atoms with Gasteiger partial charge in [-0.25, -0.2) is 4.98 Å². The summed E-state index contributed by atoms with van der Waals surface area (Å²) in [7, 11) is 0. The van der Waals surface area contributed by atoms with Gasteiger partial charge in [0, 0.05) is 30.6 Å². The van der Waals surface area contributed by atoms with Crippen molar-refractivity contribution in [1.29, 1.82) is 0 Å². The first-order valence-electron chi connectivity index (χ1n) is 7.70. The smallest absolute Gasteiger partial charge is 0.357 e. The fourth-order valence-electron chi connectivity index (χ4n) is 2.62. The van der Waals surface area contributed by atoms with Gasteiger partial charge >= 0.3 is 12.4 Å². The van der Waals surface area contributed by atoms with E-state index in [0.29, 0.717) is 31.7 Å². The third-order valence-corrected chi connectivity index (χ3v) is 5.24. The average Bonchev–Trinajstić information content (AvgIpc) is 3.04. The normalized spacial score (nSPS) is 16.9. The predicted octanol–water partition coefficient (Wildman–Crippen LogP) is 4.60. The maximum Gasteiger partial charge on any atom is 0.432 e. The number of alkyl halides is 6. The molecule has 0 saturated carbocycles. The lowest BCUT2D eigenvalue weighted by Gasteiger charge is -2.32. The number of nitrogens with zero attached hydrogens (tertiary/aromatic N) is 3. The van der Waals surface area contributed by atoms with Crippen LogP contribution < -0.4 is 4.90 Å². The van der Waals surface area contributed by atoms with Crippen LogP contribution in [0.25, 0.3) is 0 Å². The number of hydrogen-bond donors (Lipinski definition) is 1. The molecule has 0 atom stereocenters. The molecule has 0 spiro atoms. The van der Waals surface area contributed by atoms with Crippen molar-refractivity contribution in [2.75, 3.05) is 18.0 Å². The van der Waals surface area contributed by atoms with Gasteiger partial charge in [0.1, 0.15) is 16.5 Å². The third kappa shape index (κ3) is 4.43. The van der Waals surface area contributed by atoms with E-state index in [2.05, 4.69) is 10.1 Å². The topological polar surface area (TPSA) is 44.8 Å². The highest BCUT2D eigenvalue weighted by Gasteiger charge is 2.34. The maximum absolute atomic E-state index is 12.6. The molecule has 2 aromatic rings. The number of nitrogens with one attached hydrogen (secondary N) is 1. The van der Waals surface area contributed by atoms with Crippen LogP contribution in [0.4, 0.5) is 32.2 Å². The lowest BCUT2D eigenvalue weighted by atomic mass is 10.1. The van der Waals surface area contributed by atoms with E-state index in [4.69, 9.17) is 0 Å². The Kier molecular flexibility index (Phi) is 5.09. The summed E-state index contributed by atoms with van der Waals surface area (Å²) in [5.74, 6) is 0.459. The van der Waals surface area contributed by atoms with Crippen LogP contribution in [-0.4, -0.2) is 33.5 Å². The Morgan fingerprint density at radius 1 is 1.04 bits per heavy atom. The van der Waals surface area contributed by atoms with E-state index in [1.807, 2.05) is 10.00 Å². The van der Waals surface area contributed by atoms with E-state index in [1.54, 1.807) is 0 Å². The number of aromatic amines is 1. The molecule has 26 heavy (non-hydrogen) atoms. The van der Waals surface area contributed by atoms with Gasteiger partial charge in [-0.15, -0.1) is 11.8 Å². The zero-order valence-corrected chi connectivity index (χ0v) is 14.0. The minimum absolute atomic E-state index is 0.0880. The predicted molar refractivity (Wildman–Crippen MR) is 83.9 cm³/mol. The molecule has 0 aromatic carbocycles. The number of halogens is 6. The van der Waals surface area contributed by atoms with E-state index in [1.165, 1.54) is 17.8 Å². The van der Waals surface area contributed by atoms with E-state index in [0.717, 1.165) is 18.3 Å². The Hall–Kier alpha value is -1.91. The molecule has 1 saturated heterocycles. The van der Waals surface area contributed by atoms with Crippen LogP contribution in [0, 0.1) is 0 Å². The fourth-order valence-corrected chi connectivity index (χ4v) is 3.70. The van der Waals surface area contributed by atoms with Crippen molar-refractivity contribution in [1.82, 2.24) is 15.2 Å². The Bertz CT molecular complexity index is 732. The molecule has 2 aromatic heterocycles. The van der Waals surface area contributed by atoms with Gasteiger partial charge in [-0.2, -0.15) is 31.4 Å². The summed E-state index contributed by atoms with van der Waals surface area (Å²) in [5, 5.41) is 6.02. The van der Waals surface area contributed by atoms with Crippen LogP contribution in [0.5, 0.6) is 0 Å². The number of anilines is 1.